The summed E-state index contributed by atoms with van der Waals surface area (Å²) in [5, 5.41) is 23.4. The monoisotopic (exact) mass is 620 g/mol. The molecule has 1 aliphatic heterocycles. The molecule has 3 heterocycles. The van der Waals surface area contributed by atoms with Crippen molar-refractivity contribution in [3.8, 4) is 11.5 Å². The molecule has 1 saturated heterocycles. The van der Waals surface area contributed by atoms with Gasteiger partial charge in [-0.25, -0.2) is 4.98 Å². The summed E-state index contributed by atoms with van der Waals surface area (Å²) < 4.78 is 23.5. The first-order chi connectivity index (χ1) is 21.9. The number of hydrogen-bond acceptors (Lipinski definition) is 12. The lowest BCUT2D eigenvalue weighted by Gasteiger charge is -2.24. The van der Waals surface area contributed by atoms with Gasteiger partial charge >= 0.3 is 0 Å². The zero-order valence-corrected chi connectivity index (χ0v) is 25.9. The van der Waals surface area contributed by atoms with E-state index in [0.717, 1.165) is 22.0 Å². The summed E-state index contributed by atoms with van der Waals surface area (Å²) in [6, 6.07) is 11.1. The second-order valence-electron chi connectivity index (χ2n) is 11.2. The van der Waals surface area contributed by atoms with Gasteiger partial charge in [0.15, 0.2) is 0 Å². The third-order valence-corrected chi connectivity index (χ3v) is 7.95. The van der Waals surface area contributed by atoms with Crippen molar-refractivity contribution in [3.05, 3.63) is 59.4 Å². The Balaban J connectivity index is 1.16. The Bertz CT molecular complexity index is 1550. The molecule has 12 nitrogen and oxygen atoms in total. The molecule has 45 heavy (non-hydrogen) atoms. The lowest BCUT2D eigenvalue weighted by molar-refractivity contribution is 0.00613. The van der Waals surface area contributed by atoms with Gasteiger partial charge in [-0.1, -0.05) is 12.1 Å². The van der Waals surface area contributed by atoms with Crippen LogP contribution in [0.15, 0.2) is 42.6 Å². The number of nitrogens with zero attached hydrogens (tertiary/aromatic N) is 4. The standard InChI is InChI=1S/C33H44N6O6/c1-23-2-4-27-29(35)20-25(33(41)31(27)37-23)22-39-10-14-44-18-16-42-12-8-38(9-13-43-17-19-45-15-11-39)21-24-3-5-26-28(34)6-7-36-30(26)32(24)40/h2-7,20,40-41H,8-19,21-22,35H2,1H3,(H2,34,36). The first kappa shape index (κ1) is 32.6. The quantitative estimate of drug-likeness (QED) is 0.195. The minimum absolute atomic E-state index is 0.142. The van der Waals surface area contributed by atoms with Gasteiger partial charge in [0, 0.05) is 84.4 Å². The van der Waals surface area contributed by atoms with Crippen molar-refractivity contribution in [1.82, 2.24) is 19.8 Å². The second kappa shape index (κ2) is 16.0. The number of hydrogen-bond donors (Lipinski definition) is 4. The van der Waals surface area contributed by atoms with E-state index in [1.807, 2.05) is 37.3 Å². The Labute approximate surface area is 263 Å². The van der Waals surface area contributed by atoms with Gasteiger partial charge in [-0.2, -0.15) is 0 Å². The first-order valence-electron chi connectivity index (χ1n) is 15.4. The largest absolute Gasteiger partial charge is 0.505 e. The maximum atomic E-state index is 11.0. The molecule has 0 atom stereocenters. The molecule has 4 aromatic rings. The van der Waals surface area contributed by atoms with Gasteiger partial charge in [0.25, 0.3) is 0 Å². The van der Waals surface area contributed by atoms with E-state index in [9.17, 15) is 10.2 Å². The normalized spacial score (nSPS) is 17.7. The van der Waals surface area contributed by atoms with Crippen LogP contribution >= 0.6 is 0 Å². The molecule has 0 bridgehead atoms. The number of nitrogens with two attached hydrogens (primary N) is 2. The molecule has 5 rings (SSSR count). The van der Waals surface area contributed by atoms with E-state index in [1.165, 1.54) is 0 Å². The van der Waals surface area contributed by atoms with Gasteiger partial charge in [0.1, 0.15) is 22.5 Å². The van der Waals surface area contributed by atoms with Crippen LogP contribution in [0.1, 0.15) is 16.8 Å². The van der Waals surface area contributed by atoms with E-state index in [1.54, 1.807) is 12.3 Å². The van der Waals surface area contributed by atoms with Gasteiger partial charge in [-0.3, -0.25) is 14.8 Å². The molecule has 12 heteroatoms. The number of ether oxygens (including phenoxy) is 4. The predicted molar refractivity (Wildman–Crippen MR) is 174 cm³/mol. The lowest BCUT2D eigenvalue weighted by Crippen LogP contribution is -2.32. The van der Waals surface area contributed by atoms with E-state index in [0.29, 0.717) is 120 Å². The fraction of sp³-hybridized carbons (Fsp3) is 0.455. The third kappa shape index (κ3) is 8.69. The van der Waals surface area contributed by atoms with Crippen LogP contribution in [0.5, 0.6) is 11.5 Å². The molecule has 1 fully saturated rings. The van der Waals surface area contributed by atoms with Crippen LogP contribution in [-0.2, 0) is 32.0 Å². The summed E-state index contributed by atoms with van der Waals surface area (Å²) >= 11 is 0. The number of aromatic hydroxyl groups is 2. The summed E-state index contributed by atoms with van der Waals surface area (Å²) in [5.41, 5.74) is 16.9. The number of fused-ring (bicyclic) bond motifs is 2. The summed E-state index contributed by atoms with van der Waals surface area (Å²) in [6.07, 6.45) is 1.60. The summed E-state index contributed by atoms with van der Waals surface area (Å²) in [5.74, 6) is 0.292. The molecule has 2 aromatic carbocycles. The lowest BCUT2D eigenvalue weighted by atomic mass is 10.1. The van der Waals surface area contributed by atoms with Crippen LogP contribution in [0.4, 0.5) is 11.4 Å². The van der Waals surface area contributed by atoms with E-state index >= 15 is 0 Å². The number of rotatable bonds is 4. The van der Waals surface area contributed by atoms with Crippen molar-refractivity contribution >= 4 is 33.2 Å². The number of pyridine rings is 2. The van der Waals surface area contributed by atoms with Gasteiger partial charge < -0.3 is 40.6 Å². The van der Waals surface area contributed by atoms with E-state index in [2.05, 4.69) is 19.8 Å². The van der Waals surface area contributed by atoms with Crippen LogP contribution in [0.3, 0.4) is 0 Å². The number of nitrogen functional groups attached to an aromatic ring is 2. The van der Waals surface area contributed by atoms with Crippen LogP contribution < -0.4 is 11.5 Å². The van der Waals surface area contributed by atoms with Crippen LogP contribution in [0, 0.1) is 6.92 Å². The summed E-state index contributed by atoms with van der Waals surface area (Å²) in [6.45, 7) is 9.34. The maximum absolute atomic E-state index is 11.0. The third-order valence-electron chi connectivity index (χ3n) is 7.95. The average molecular weight is 621 g/mol. The van der Waals surface area contributed by atoms with Gasteiger partial charge in [-0.15, -0.1) is 0 Å². The minimum atomic E-state index is 0.142. The molecule has 0 aliphatic carbocycles. The Morgan fingerprint density at radius 3 is 1.76 bits per heavy atom. The van der Waals surface area contributed by atoms with E-state index < -0.39 is 0 Å². The fourth-order valence-electron chi connectivity index (χ4n) is 5.41. The highest BCUT2D eigenvalue weighted by molar-refractivity contribution is 5.95. The number of aryl methyl sites for hydroxylation is 1. The topological polar surface area (TPSA) is 162 Å². The zero-order valence-electron chi connectivity index (χ0n) is 25.9. The van der Waals surface area contributed by atoms with Crippen molar-refractivity contribution in [3.63, 3.8) is 0 Å². The Morgan fingerprint density at radius 1 is 0.644 bits per heavy atom. The van der Waals surface area contributed by atoms with E-state index in [-0.39, 0.29) is 11.5 Å². The van der Waals surface area contributed by atoms with Crippen molar-refractivity contribution in [1.29, 1.82) is 0 Å². The minimum Gasteiger partial charge on any atom is -0.505 e. The molecular weight excluding hydrogens is 576 g/mol. The number of anilines is 2. The van der Waals surface area contributed by atoms with Crippen LogP contribution in [-0.4, -0.2) is 109 Å². The highest BCUT2D eigenvalue weighted by Gasteiger charge is 2.16. The molecule has 242 valence electrons. The van der Waals surface area contributed by atoms with Gasteiger partial charge in [0.2, 0.25) is 0 Å². The van der Waals surface area contributed by atoms with Crippen molar-refractivity contribution in [2.45, 2.75) is 20.0 Å². The molecule has 1 aliphatic rings. The molecule has 2 aromatic heterocycles. The maximum Gasteiger partial charge on any atom is 0.146 e. The predicted octanol–water partition coefficient (Wildman–Crippen LogP) is 3.05. The smallest absolute Gasteiger partial charge is 0.146 e. The van der Waals surface area contributed by atoms with Gasteiger partial charge in [-0.05, 0) is 31.2 Å². The fourth-order valence-corrected chi connectivity index (χ4v) is 5.41. The zero-order chi connectivity index (χ0) is 31.6. The van der Waals surface area contributed by atoms with Crippen molar-refractivity contribution in [2.75, 3.05) is 90.5 Å². The summed E-state index contributed by atoms with van der Waals surface area (Å²) in [4.78, 5) is 13.2. The van der Waals surface area contributed by atoms with Crippen LogP contribution in [0.25, 0.3) is 21.8 Å². The van der Waals surface area contributed by atoms with Gasteiger partial charge in [0.05, 0.1) is 52.9 Å². The second-order valence-corrected chi connectivity index (χ2v) is 11.2. The molecule has 0 unspecified atom stereocenters. The molecule has 0 radical (unpaired) electrons. The molecular formula is C33H44N6O6. The molecule has 6 N–H and O–H groups in total. The van der Waals surface area contributed by atoms with Crippen LogP contribution in [0.2, 0.25) is 0 Å². The average Bonchev–Trinajstić information content (AvgIpc) is 3.02. The number of phenolic OH excluding ortho intramolecular Hbond substituents is 2. The van der Waals surface area contributed by atoms with Crippen molar-refractivity contribution < 1.29 is 29.2 Å². The first-order valence-corrected chi connectivity index (χ1v) is 15.4. The number of phenols is 2. The number of benzene rings is 2. The Morgan fingerprint density at radius 2 is 1.16 bits per heavy atom. The molecule has 0 amide bonds. The Hall–Kier alpha value is -3.78. The highest BCUT2D eigenvalue weighted by Crippen LogP contribution is 2.33. The molecule has 0 spiro atoms. The molecule has 0 saturated carbocycles. The van der Waals surface area contributed by atoms with E-state index in [4.69, 9.17) is 30.4 Å². The Kier molecular flexibility index (Phi) is 11.6. The number of aromatic nitrogens is 2. The SMILES string of the molecule is Cc1ccc2c(N)cc(CN3CCOCCOCCN(Cc4ccc5c(N)ccnc5c4O)CCOCCOCC3)c(O)c2n1. The highest BCUT2D eigenvalue weighted by atomic mass is 16.5. The van der Waals surface area contributed by atoms with Crippen molar-refractivity contribution in [2.24, 2.45) is 0 Å². The summed E-state index contributed by atoms with van der Waals surface area (Å²) in [7, 11) is 0.